The largest absolute Gasteiger partial charge is 0.298 e. The Morgan fingerprint density at radius 2 is 1.95 bits per heavy atom. The predicted octanol–water partition coefficient (Wildman–Crippen LogP) is 3.40. The van der Waals surface area contributed by atoms with Crippen molar-refractivity contribution in [3.63, 3.8) is 0 Å². The lowest BCUT2D eigenvalue weighted by Gasteiger charge is -2.23. The van der Waals surface area contributed by atoms with E-state index in [1.54, 1.807) is 0 Å². The topological polar surface area (TPSA) is 58.6 Å². The van der Waals surface area contributed by atoms with Gasteiger partial charge in [0, 0.05) is 10.4 Å². The molecular formula is C15H18ClN3O. The van der Waals surface area contributed by atoms with Crippen LogP contribution in [0.2, 0.25) is 5.02 Å². The molecule has 0 aliphatic rings. The molecule has 2 aromatic rings. The van der Waals surface area contributed by atoms with Gasteiger partial charge in [-0.05, 0) is 24.1 Å². The van der Waals surface area contributed by atoms with Crippen molar-refractivity contribution in [1.29, 1.82) is 0 Å². The third kappa shape index (κ3) is 3.45. The molecule has 0 radical (unpaired) electrons. The van der Waals surface area contributed by atoms with Gasteiger partial charge in [-0.25, -0.2) is 4.98 Å². The third-order valence-corrected chi connectivity index (χ3v) is 3.41. The van der Waals surface area contributed by atoms with Crippen molar-refractivity contribution in [3.05, 3.63) is 47.0 Å². The number of Topliss-reactive ketones (excluding diaryl/α,β-unsaturated/α-hetero) is 1. The van der Waals surface area contributed by atoms with Crippen molar-refractivity contribution >= 4 is 17.4 Å². The first kappa shape index (κ1) is 14.7. The second-order valence-electron chi connectivity index (χ2n) is 5.85. The molecule has 0 bridgehead atoms. The lowest BCUT2D eigenvalue weighted by Crippen LogP contribution is -2.29. The number of nitrogens with zero attached hydrogens (tertiary/aromatic N) is 2. The SMILES string of the molecule is CC(C)(C)C(=O)C(Cc1ccc(Cl)cc1)c1nc[nH]n1. The molecule has 0 fully saturated rings. The first-order valence-corrected chi connectivity index (χ1v) is 6.90. The zero-order valence-corrected chi connectivity index (χ0v) is 12.6. The first-order chi connectivity index (χ1) is 9.38. The molecule has 2 rings (SSSR count). The zero-order chi connectivity index (χ0) is 14.8. The molecule has 1 atom stereocenters. The normalized spacial score (nSPS) is 13.2. The third-order valence-electron chi connectivity index (χ3n) is 3.15. The quantitative estimate of drug-likeness (QED) is 0.939. The molecule has 0 aliphatic heterocycles. The van der Waals surface area contributed by atoms with Gasteiger partial charge in [0.05, 0.1) is 5.92 Å². The molecular weight excluding hydrogens is 274 g/mol. The maximum Gasteiger partial charge on any atom is 0.161 e. The highest BCUT2D eigenvalue weighted by Gasteiger charge is 2.32. The van der Waals surface area contributed by atoms with E-state index in [4.69, 9.17) is 11.6 Å². The second-order valence-corrected chi connectivity index (χ2v) is 6.29. The average Bonchev–Trinajstić information content (AvgIpc) is 2.90. The Morgan fingerprint density at radius 3 is 2.45 bits per heavy atom. The number of halogens is 1. The highest BCUT2D eigenvalue weighted by molar-refractivity contribution is 6.30. The van der Waals surface area contributed by atoms with Crippen molar-refractivity contribution in [2.75, 3.05) is 0 Å². The number of rotatable bonds is 4. The van der Waals surface area contributed by atoms with Crippen molar-refractivity contribution < 1.29 is 4.79 Å². The summed E-state index contributed by atoms with van der Waals surface area (Å²) >= 11 is 5.89. The molecule has 1 unspecified atom stereocenters. The fourth-order valence-electron chi connectivity index (χ4n) is 2.07. The van der Waals surface area contributed by atoms with Gasteiger partial charge in [-0.15, -0.1) is 0 Å². The van der Waals surface area contributed by atoms with E-state index in [0.717, 1.165) is 5.56 Å². The Hall–Kier alpha value is -1.68. The van der Waals surface area contributed by atoms with Crippen LogP contribution in [0, 0.1) is 5.41 Å². The molecule has 0 amide bonds. The minimum Gasteiger partial charge on any atom is -0.298 e. The van der Waals surface area contributed by atoms with Gasteiger partial charge >= 0.3 is 0 Å². The highest BCUT2D eigenvalue weighted by Crippen LogP contribution is 2.28. The molecule has 0 saturated heterocycles. The van der Waals surface area contributed by atoms with Crippen LogP contribution in [-0.4, -0.2) is 21.0 Å². The summed E-state index contributed by atoms with van der Waals surface area (Å²) in [7, 11) is 0. The summed E-state index contributed by atoms with van der Waals surface area (Å²) in [5.74, 6) is 0.328. The molecule has 0 aliphatic carbocycles. The van der Waals surface area contributed by atoms with Crippen LogP contribution in [-0.2, 0) is 11.2 Å². The maximum atomic E-state index is 12.6. The van der Waals surface area contributed by atoms with Crippen LogP contribution >= 0.6 is 11.6 Å². The van der Waals surface area contributed by atoms with Crippen molar-refractivity contribution in [1.82, 2.24) is 15.2 Å². The number of hydrogen-bond donors (Lipinski definition) is 1. The minimum absolute atomic E-state index is 0.132. The molecule has 1 heterocycles. The summed E-state index contributed by atoms with van der Waals surface area (Å²) in [6.07, 6.45) is 2.07. The lowest BCUT2D eigenvalue weighted by molar-refractivity contribution is -0.128. The smallest absolute Gasteiger partial charge is 0.161 e. The van der Waals surface area contributed by atoms with Crippen LogP contribution in [0.5, 0.6) is 0 Å². The second kappa shape index (κ2) is 5.75. The van der Waals surface area contributed by atoms with Crippen molar-refractivity contribution in [2.45, 2.75) is 33.1 Å². The van der Waals surface area contributed by atoms with Gasteiger partial charge in [0.1, 0.15) is 12.1 Å². The number of nitrogens with one attached hydrogen (secondary N) is 1. The summed E-state index contributed by atoms with van der Waals surface area (Å²) in [6, 6.07) is 7.51. The van der Waals surface area contributed by atoms with E-state index in [2.05, 4.69) is 15.2 Å². The Bertz CT molecular complexity index is 570. The molecule has 0 spiro atoms. The molecule has 1 aromatic heterocycles. The zero-order valence-electron chi connectivity index (χ0n) is 11.9. The number of carbonyl (C=O) groups is 1. The Labute approximate surface area is 123 Å². The fourth-order valence-corrected chi connectivity index (χ4v) is 2.19. The Kier molecular flexibility index (Phi) is 4.23. The number of H-pyrrole nitrogens is 1. The van der Waals surface area contributed by atoms with Crippen LogP contribution in [0.4, 0.5) is 0 Å². The van der Waals surface area contributed by atoms with E-state index in [9.17, 15) is 4.79 Å². The van der Waals surface area contributed by atoms with Gasteiger partial charge in [0.25, 0.3) is 0 Å². The minimum atomic E-state index is -0.433. The predicted molar refractivity (Wildman–Crippen MR) is 78.7 cm³/mol. The molecule has 20 heavy (non-hydrogen) atoms. The average molecular weight is 292 g/mol. The van der Waals surface area contributed by atoms with Gasteiger partial charge in [0.2, 0.25) is 0 Å². The number of benzene rings is 1. The number of hydrogen-bond acceptors (Lipinski definition) is 3. The Morgan fingerprint density at radius 1 is 1.30 bits per heavy atom. The first-order valence-electron chi connectivity index (χ1n) is 6.52. The standard InChI is InChI=1S/C15H18ClN3O/c1-15(2,3)13(20)12(14-17-9-18-19-14)8-10-4-6-11(16)7-5-10/h4-7,9,12H,8H2,1-3H3,(H,17,18,19). The summed E-state index contributed by atoms with van der Waals surface area (Å²) in [6.45, 7) is 5.74. The molecule has 0 saturated carbocycles. The fraction of sp³-hybridized carbons (Fsp3) is 0.400. The number of carbonyl (C=O) groups excluding carboxylic acids is 1. The van der Waals surface area contributed by atoms with E-state index < -0.39 is 5.41 Å². The van der Waals surface area contributed by atoms with E-state index in [0.29, 0.717) is 17.3 Å². The van der Waals surface area contributed by atoms with E-state index in [1.165, 1.54) is 6.33 Å². The van der Waals surface area contributed by atoms with Gasteiger partial charge in [-0.1, -0.05) is 44.5 Å². The summed E-state index contributed by atoms with van der Waals surface area (Å²) < 4.78 is 0. The molecule has 106 valence electrons. The van der Waals surface area contributed by atoms with Crippen LogP contribution in [0.3, 0.4) is 0 Å². The van der Waals surface area contributed by atoms with Crippen LogP contribution in [0.1, 0.15) is 38.1 Å². The van der Waals surface area contributed by atoms with Gasteiger partial charge in [0.15, 0.2) is 5.82 Å². The van der Waals surface area contributed by atoms with Gasteiger partial charge in [-0.2, -0.15) is 5.10 Å². The van der Waals surface area contributed by atoms with E-state index >= 15 is 0 Å². The summed E-state index contributed by atoms with van der Waals surface area (Å²) in [5, 5.41) is 7.44. The highest BCUT2D eigenvalue weighted by atomic mass is 35.5. The molecule has 5 heteroatoms. The lowest BCUT2D eigenvalue weighted by atomic mass is 9.80. The van der Waals surface area contributed by atoms with Gasteiger partial charge in [-0.3, -0.25) is 9.89 Å². The van der Waals surface area contributed by atoms with Crippen LogP contribution in [0.15, 0.2) is 30.6 Å². The number of aromatic amines is 1. The molecule has 1 N–H and O–H groups in total. The molecule has 1 aromatic carbocycles. The van der Waals surface area contributed by atoms with E-state index in [1.807, 2.05) is 45.0 Å². The maximum absolute atomic E-state index is 12.6. The van der Waals surface area contributed by atoms with Crippen molar-refractivity contribution in [2.24, 2.45) is 5.41 Å². The monoisotopic (exact) mass is 291 g/mol. The van der Waals surface area contributed by atoms with Crippen LogP contribution < -0.4 is 0 Å². The van der Waals surface area contributed by atoms with Gasteiger partial charge < -0.3 is 0 Å². The summed E-state index contributed by atoms with van der Waals surface area (Å²) in [4.78, 5) is 16.8. The van der Waals surface area contributed by atoms with Crippen molar-refractivity contribution in [3.8, 4) is 0 Å². The number of ketones is 1. The van der Waals surface area contributed by atoms with E-state index in [-0.39, 0.29) is 11.7 Å². The Balaban J connectivity index is 2.28. The molecule has 4 nitrogen and oxygen atoms in total. The summed E-state index contributed by atoms with van der Waals surface area (Å²) in [5.41, 5.74) is 0.611. The van der Waals surface area contributed by atoms with Crippen LogP contribution in [0.25, 0.3) is 0 Å². The number of aromatic nitrogens is 3.